The SMILES string of the molecule is Cc1nn(CCO)c(C)c1CNCc1ccn(C2CCCC2)n1. The summed E-state index contributed by atoms with van der Waals surface area (Å²) < 4.78 is 4.01. The smallest absolute Gasteiger partial charge is 0.0762 e. The lowest BCUT2D eigenvalue weighted by Crippen LogP contribution is -2.15. The Labute approximate surface area is 137 Å². The zero-order chi connectivity index (χ0) is 16.2. The van der Waals surface area contributed by atoms with Crippen LogP contribution in [0.5, 0.6) is 0 Å². The topological polar surface area (TPSA) is 67.9 Å². The normalized spacial score (nSPS) is 15.6. The molecule has 0 amide bonds. The maximum Gasteiger partial charge on any atom is 0.0762 e. The molecule has 0 aliphatic heterocycles. The Morgan fingerprint density at radius 3 is 2.74 bits per heavy atom. The van der Waals surface area contributed by atoms with Gasteiger partial charge in [0.2, 0.25) is 0 Å². The molecule has 6 heteroatoms. The lowest BCUT2D eigenvalue weighted by atomic mass is 10.2. The minimum atomic E-state index is 0.118. The molecule has 126 valence electrons. The molecule has 2 heterocycles. The van der Waals surface area contributed by atoms with Crippen LogP contribution in [-0.4, -0.2) is 31.3 Å². The van der Waals surface area contributed by atoms with Crippen LogP contribution in [0.25, 0.3) is 0 Å². The summed E-state index contributed by atoms with van der Waals surface area (Å²) in [5.74, 6) is 0. The van der Waals surface area contributed by atoms with Gasteiger partial charge in [0.1, 0.15) is 0 Å². The predicted octanol–water partition coefficient (Wildman–Crippen LogP) is 2.09. The summed E-state index contributed by atoms with van der Waals surface area (Å²) in [6, 6.07) is 2.71. The first-order valence-corrected chi connectivity index (χ1v) is 8.57. The van der Waals surface area contributed by atoms with Gasteiger partial charge in [0.05, 0.1) is 30.6 Å². The number of aliphatic hydroxyl groups excluding tert-OH is 1. The molecule has 0 aromatic carbocycles. The van der Waals surface area contributed by atoms with Crippen LogP contribution in [0, 0.1) is 13.8 Å². The van der Waals surface area contributed by atoms with Crippen molar-refractivity contribution in [1.82, 2.24) is 24.9 Å². The molecule has 0 bridgehead atoms. The highest BCUT2D eigenvalue weighted by molar-refractivity contribution is 5.24. The van der Waals surface area contributed by atoms with E-state index in [1.807, 2.05) is 11.6 Å². The van der Waals surface area contributed by atoms with E-state index >= 15 is 0 Å². The van der Waals surface area contributed by atoms with E-state index in [1.165, 1.54) is 31.2 Å². The van der Waals surface area contributed by atoms with E-state index in [4.69, 9.17) is 10.2 Å². The molecular formula is C17H27N5O. The van der Waals surface area contributed by atoms with E-state index in [1.54, 1.807) is 0 Å². The lowest BCUT2D eigenvalue weighted by molar-refractivity contribution is 0.267. The second kappa shape index (κ2) is 7.27. The van der Waals surface area contributed by atoms with Crippen molar-refractivity contribution in [2.75, 3.05) is 6.61 Å². The second-order valence-electron chi connectivity index (χ2n) is 6.43. The van der Waals surface area contributed by atoms with Gasteiger partial charge in [-0.05, 0) is 32.8 Å². The number of aliphatic hydroxyl groups is 1. The van der Waals surface area contributed by atoms with Crippen molar-refractivity contribution >= 4 is 0 Å². The monoisotopic (exact) mass is 317 g/mol. The number of hydrogen-bond acceptors (Lipinski definition) is 4. The molecule has 6 nitrogen and oxygen atoms in total. The highest BCUT2D eigenvalue weighted by atomic mass is 16.3. The van der Waals surface area contributed by atoms with Crippen molar-refractivity contribution in [2.24, 2.45) is 0 Å². The Morgan fingerprint density at radius 2 is 2.00 bits per heavy atom. The van der Waals surface area contributed by atoms with Crippen LogP contribution in [0.2, 0.25) is 0 Å². The average molecular weight is 317 g/mol. The summed E-state index contributed by atoms with van der Waals surface area (Å²) in [6.45, 7) is 6.29. The fraction of sp³-hybridized carbons (Fsp3) is 0.647. The van der Waals surface area contributed by atoms with Gasteiger partial charge in [0.15, 0.2) is 0 Å². The molecule has 1 saturated carbocycles. The van der Waals surface area contributed by atoms with Gasteiger partial charge in [0, 0.05) is 30.5 Å². The number of nitrogens with one attached hydrogen (secondary N) is 1. The maximum absolute atomic E-state index is 9.07. The first kappa shape index (κ1) is 16.2. The second-order valence-corrected chi connectivity index (χ2v) is 6.43. The molecule has 2 aromatic rings. The van der Waals surface area contributed by atoms with E-state index in [0.717, 1.165) is 30.2 Å². The van der Waals surface area contributed by atoms with Gasteiger partial charge in [-0.25, -0.2) is 0 Å². The standard InChI is InChI=1S/C17H27N5O/c1-13-17(14(2)21(19-13)9-10-23)12-18-11-15-7-8-22(20-15)16-5-3-4-6-16/h7-8,16,18,23H,3-6,9-12H2,1-2H3. The molecule has 0 radical (unpaired) electrons. The molecule has 1 aliphatic rings. The van der Waals surface area contributed by atoms with Gasteiger partial charge in [0.25, 0.3) is 0 Å². The first-order chi connectivity index (χ1) is 11.2. The lowest BCUT2D eigenvalue weighted by Gasteiger charge is -2.09. The Kier molecular flexibility index (Phi) is 5.13. The molecule has 0 saturated heterocycles. The maximum atomic E-state index is 9.07. The van der Waals surface area contributed by atoms with Crippen LogP contribution < -0.4 is 5.32 Å². The average Bonchev–Trinajstić information content (AvgIpc) is 3.24. The minimum Gasteiger partial charge on any atom is -0.394 e. The highest BCUT2D eigenvalue weighted by Crippen LogP contribution is 2.28. The molecule has 0 atom stereocenters. The zero-order valence-electron chi connectivity index (χ0n) is 14.1. The van der Waals surface area contributed by atoms with Crippen LogP contribution in [0.15, 0.2) is 12.3 Å². The van der Waals surface area contributed by atoms with Crippen molar-refractivity contribution in [3.63, 3.8) is 0 Å². The summed E-state index contributed by atoms with van der Waals surface area (Å²) in [5, 5.41) is 21.7. The van der Waals surface area contributed by atoms with Crippen LogP contribution >= 0.6 is 0 Å². The third-order valence-corrected chi connectivity index (χ3v) is 4.81. The molecule has 0 unspecified atom stereocenters. The number of hydrogen-bond donors (Lipinski definition) is 2. The Morgan fingerprint density at radius 1 is 1.22 bits per heavy atom. The van der Waals surface area contributed by atoms with Crippen molar-refractivity contribution in [3.8, 4) is 0 Å². The fourth-order valence-electron chi connectivity index (χ4n) is 3.46. The summed E-state index contributed by atoms with van der Waals surface area (Å²) in [6.07, 6.45) is 7.29. The predicted molar refractivity (Wildman–Crippen MR) is 89.1 cm³/mol. The van der Waals surface area contributed by atoms with E-state index in [0.29, 0.717) is 12.6 Å². The summed E-state index contributed by atoms with van der Waals surface area (Å²) >= 11 is 0. The van der Waals surface area contributed by atoms with E-state index < -0.39 is 0 Å². The highest BCUT2D eigenvalue weighted by Gasteiger charge is 2.17. The van der Waals surface area contributed by atoms with Crippen LogP contribution in [0.3, 0.4) is 0 Å². The van der Waals surface area contributed by atoms with Crippen LogP contribution in [0.4, 0.5) is 0 Å². The third-order valence-electron chi connectivity index (χ3n) is 4.81. The van der Waals surface area contributed by atoms with E-state index in [9.17, 15) is 0 Å². The summed E-state index contributed by atoms with van der Waals surface area (Å²) in [5.41, 5.74) is 4.46. The quantitative estimate of drug-likeness (QED) is 0.820. The fourth-order valence-corrected chi connectivity index (χ4v) is 3.46. The van der Waals surface area contributed by atoms with Crippen LogP contribution in [-0.2, 0) is 19.6 Å². The molecule has 0 spiro atoms. The Balaban J connectivity index is 1.55. The van der Waals surface area contributed by atoms with Gasteiger partial charge in [-0.15, -0.1) is 0 Å². The van der Waals surface area contributed by atoms with Gasteiger partial charge in [-0.2, -0.15) is 10.2 Å². The minimum absolute atomic E-state index is 0.118. The largest absolute Gasteiger partial charge is 0.394 e. The number of nitrogens with zero attached hydrogens (tertiary/aromatic N) is 4. The summed E-state index contributed by atoms with van der Waals surface area (Å²) in [4.78, 5) is 0. The zero-order valence-corrected chi connectivity index (χ0v) is 14.1. The van der Waals surface area contributed by atoms with E-state index in [2.05, 4.69) is 34.3 Å². The molecule has 23 heavy (non-hydrogen) atoms. The molecular weight excluding hydrogens is 290 g/mol. The van der Waals surface area contributed by atoms with Gasteiger partial charge < -0.3 is 10.4 Å². The number of rotatable bonds is 7. The van der Waals surface area contributed by atoms with Crippen molar-refractivity contribution in [3.05, 3.63) is 34.9 Å². The van der Waals surface area contributed by atoms with Gasteiger partial charge in [-0.1, -0.05) is 12.8 Å². The Hall–Kier alpha value is -1.66. The number of aryl methyl sites for hydroxylation is 1. The molecule has 2 N–H and O–H groups in total. The molecule has 2 aromatic heterocycles. The molecule has 1 fully saturated rings. The van der Waals surface area contributed by atoms with Crippen LogP contribution in [0.1, 0.15) is 54.4 Å². The number of aromatic nitrogens is 4. The summed E-state index contributed by atoms with van der Waals surface area (Å²) in [7, 11) is 0. The van der Waals surface area contributed by atoms with Gasteiger partial charge in [-0.3, -0.25) is 9.36 Å². The van der Waals surface area contributed by atoms with Crippen molar-refractivity contribution in [2.45, 2.75) is 65.2 Å². The van der Waals surface area contributed by atoms with Gasteiger partial charge >= 0.3 is 0 Å². The molecule has 3 rings (SSSR count). The Bertz CT molecular complexity index is 639. The van der Waals surface area contributed by atoms with Crippen molar-refractivity contribution in [1.29, 1.82) is 0 Å². The first-order valence-electron chi connectivity index (χ1n) is 8.57. The van der Waals surface area contributed by atoms with Crippen molar-refractivity contribution < 1.29 is 5.11 Å². The van der Waals surface area contributed by atoms with E-state index in [-0.39, 0.29) is 6.61 Å². The molecule has 1 aliphatic carbocycles. The third kappa shape index (κ3) is 3.64.